The average molecular weight is 189 g/mol. The molecule has 0 heterocycles. The van der Waals surface area contributed by atoms with Crippen molar-refractivity contribution in [2.45, 2.75) is 26.7 Å². The lowest BCUT2D eigenvalue weighted by Crippen LogP contribution is -1.93. The Labute approximate surface area is 66.2 Å². The monoisotopic (exact) mass is 188 g/mol. The van der Waals surface area contributed by atoms with Gasteiger partial charge in [0.2, 0.25) is 0 Å². The van der Waals surface area contributed by atoms with E-state index < -0.39 is 0 Å². The van der Waals surface area contributed by atoms with Crippen molar-refractivity contribution in [3.63, 3.8) is 0 Å². The van der Waals surface area contributed by atoms with E-state index in [2.05, 4.69) is 34.7 Å². The smallest absolute Gasteiger partial charge is 0.00914 e. The molecule has 1 unspecified atom stereocenters. The molecule has 0 rings (SSSR count). The van der Waals surface area contributed by atoms with Crippen LogP contribution in [0.5, 0.6) is 0 Å². The van der Waals surface area contributed by atoms with Crippen LogP contribution in [0.15, 0.2) is 0 Å². The summed E-state index contributed by atoms with van der Waals surface area (Å²) in [7, 11) is 0. The van der Waals surface area contributed by atoms with Crippen molar-refractivity contribution in [1.29, 1.82) is 0 Å². The Kier molecular flexibility index (Phi) is 6.19. The lowest BCUT2D eigenvalue weighted by atomic mass is 10.1. The first-order chi connectivity index (χ1) is 4.31. The van der Waals surface area contributed by atoms with Gasteiger partial charge in [-0.1, -0.05) is 22.9 Å². The van der Waals surface area contributed by atoms with Crippen molar-refractivity contribution in [3.05, 3.63) is 0 Å². The van der Waals surface area contributed by atoms with E-state index >= 15 is 0 Å². The Morgan fingerprint density at radius 1 is 1.56 bits per heavy atom. The van der Waals surface area contributed by atoms with E-state index in [4.69, 9.17) is 0 Å². The molecule has 0 N–H and O–H groups in total. The Balaban J connectivity index is 3.13. The molecule has 0 saturated heterocycles. The van der Waals surface area contributed by atoms with E-state index in [0.29, 0.717) is 0 Å². The van der Waals surface area contributed by atoms with Gasteiger partial charge in [0.15, 0.2) is 0 Å². The Hall–Kier alpha value is 0.0400. The largest absolute Gasteiger partial charge is 0.107 e. The molecule has 0 nitrogen and oxygen atoms in total. The van der Waals surface area contributed by atoms with Crippen LogP contribution in [0.4, 0.5) is 0 Å². The minimum absolute atomic E-state index is 0.769. The summed E-state index contributed by atoms with van der Waals surface area (Å²) in [6.07, 6.45) is 2.26. The molecule has 0 aliphatic carbocycles. The summed E-state index contributed by atoms with van der Waals surface area (Å²) in [6, 6.07) is 0. The fraction of sp³-hybridized carbons (Fsp3) is 0.750. The summed E-state index contributed by atoms with van der Waals surface area (Å²) in [6.45, 7) is 4.12. The summed E-state index contributed by atoms with van der Waals surface area (Å²) >= 11 is 3.42. The normalized spacial score (nSPS) is 11.9. The highest BCUT2D eigenvalue weighted by atomic mass is 79.9. The SMILES string of the molecule is CC#CCCC(C)CBr. The summed E-state index contributed by atoms with van der Waals surface area (Å²) in [5, 5.41) is 1.10. The van der Waals surface area contributed by atoms with Crippen LogP contribution in [-0.2, 0) is 0 Å². The standard InChI is InChI=1S/C8H13Br/c1-3-4-5-6-8(2)7-9/h8H,5-7H2,1-2H3. The zero-order chi connectivity index (χ0) is 7.11. The molecule has 0 spiro atoms. The molecular formula is C8H13Br. The highest BCUT2D eigenvalue weighted by Crippen LogP contribution is 2.06. The number of rotatable bonds is 3. The van der Waals surface area contributed by atoms with Gasteiger partial charge in [-0.2, -0.15) is 0 Å². The molecule has 0 radical (unpaired) electrons. The lowest BCUT2D eigenvalue weighted by molar-refractivity contribution is 0.613. The Morgan fingerprint density at radius 3 is 2.67 bits per heavy atom. The van der Waals surface area contributed by atoms with E-state index in [1.165, 1.54) is 6.42 Å². The molecule has 9 heavy (non-hydrogen) atoms. The highest BCUT2D eigenvalue weighted by Gasteiger charge is 1.95. The predicted octanol–water partition coefficient (Wildman–Crippen LogP) is 2.82. The molecule has 0 aliphatic heterocycles. The van der Waals surface area contributed by atoms with Gasteiger partial charge in [0.05, 0.1) is 0 Å². The van der Waals surface area contributed by atoms with Crippen LogP contribution in [0.25, 0.3) is 0 Å². The Bertz CT molecular complexity index is 107. The fourth-order valence-electron chi connectivity index (χ4n) is 0.521. The third kappa shape index (κ3) is 5.92. The van der Waals surface area contributed by atoms with Crippen molar-refractivity contribution < 1.29 is 0 Å². The van der Waals surface area contributed by atoms with Gasteiger partial charge >= 0.3 is 0 Å². The quantitative estimate of drug-likeness (QED) is 0.473. The lowest BCUT2D eigenvalue weighted by Gasteiger charge is -2.01. The van der Waals surface area contributed by atoms with E-state index in [1.807, 2.05) is 6.92 Å². The third-order valence-corrected chi connectivity index (χ3v) is 2.31. The molecule has 1 atom stereocenters. The fourth-order valence-corrected chi connectivity index (χ4v) is 0.844. The second kappa shape index (κ2) is 6.16. The van der Waals surface area contributed by atoms with Crippen LogP contribution in [0.2, 0.25) is 0 Å². The molecular weight excluding hydrogens is 176 g/mol. The van der Waals surface area contributed by atoms with Crippen LogP contribution in [0.3, 0.4) is 0 Å². The summed E-state index contributed by atoms with van der Waals surface area (Å²) in [5.41, 5.74) is 0. The molecule has 0 bridgehead atoms. The molecule has 0 aromatic rings. The van der Waals surface area contributed by atoms with Crippen LogP contribution in [-0.4, -0.2) is 5.33 Å². The van der Waals surface area contributed by atoms with Gasteiger partial charge in [-0.15, -0.1) is 11.8 Å². The first-order valence-electron chi connectivity index (χ1n) is 3.26. The summed E-state index contributed by atoms with van der Waals surface area (Å²) in [4.78, 5) is 0. The molecule has 0 aliphatic rings. The molecule has 0 amide bonds. The molecule has 1 heteroatoms. The van der Waals surface area contributed by atoms with Gasteiger partial charge in [-0.05, 0) is 19.3 Å². The molecule has 0 aromatic carbocycles. The minimum atomic E-state index is 0.769. The molecule has 0 aromatic heterocycles. The average Bonchev–Trinajstić information content (AvgIpc) is 1.89. The zero-order valence-corrected chi connectivity index (χ0v) is 7.66. The maximum Gasteiger partial charge on any atom is 0.00914 e. The Morgan fingerprint density at radius 2 is 2.22 bits per heavy atom. The molecule has 52 valence electrons. The van der Waals surface area contributed by atoms with Crippen LogP contribution in [0, 0.1) is 17.8 Å². The van der Waals surface area contributed by atoms with Gasteiger partial charge in [0.1, 0.15) is 0 Å². The van der Waals surface area contributed by atoms with Crippen molar-refractivity contribution in [2.24, 2.45) is 5.92 Å². The van der Waals surface area contributed by atoms with Crippen LogP contribution >= 0.6 is 15.9 Å². The number of hydrogen-bond acceptors (Lipinski definition) is 0. The molecule has 0 saturated carbocycles. The highest BCUT2D eigenvalue weighted by molar-refractivity contribution is 9.09. The third-order valence-electron chi connectivity index (χ3n) is 1.20. The maximum atomic E-state index is 3.42. The number of alkyl halides is 1. The van der Waals surface area contributed by atoms with Gasteiger partial charge in [-0.3, -0.25) is 0 Å². The van der Waals surface area contributed by atoms with Gasteiger partial charge in [0.25, 0.3) is 0 Å². The maximum absolute atomic E-state index is 3.42. The first kappa shape index (κ1) is 9.04. The van der Waals surface area contributed by atoms with Crippen LogP contribution < -0.4 is 0 Å². The zero-order valence-electron chi connectivity index (χ0n) is 6.08. The van der Waals surface area contributed by atoms with Crippen LogP contribution in [0.1, 0.15) is 26.7 Å². The first-order valence-corrected chi connectivity index (χ1v) is 4.39. The second-order valence-electron chi connectivity index (χ2n) is 2.22. The number of halogens is 1. The van der Waals surface area contributed by atoms with E-state index in [1.54, 1.807) is 0 Å². The van der Waals surface area contributed by atoms with E-state index in [0.717, 1.165) is 17.7 Å². The van der Waals surface area contributed by atoms with Crippen molar-refractivity contribution in [3.8, 4) is 11.8 Å². The molecule has 0 fully saturated rings. The minimum Gasteiger partial charge on any atom is -0.107 e. The van der Waals surface area contributed by atoms with E-state index in [9.17, 15) is 0 Å². The van der Waals surface area contributed by atoms with E-state index in [-0.39, 0.29) is 0 Å². The number of hydrogen-bond donors (Lipinski definition) is 0. The van der Waals surface area contributed by atoms with Gasteiger partial charge in [-0.25, -0.2) is 0 Å². The summed E-state index contributed by atoms with van der Waals surface area (Å²) in [5.74, 6) is 6.69. The predicted molar refractivity (Wildman–Crippen MR) is 45.6 cm³/mol. The van der Waals surface area contributed by atoms with Crippen molar-refractivity contribution in [1.82, 2.24) is 0 Å². The van der Waals surface area contributed by atoms with Gasteiger partial charge in [0, 0.05) is 11.8 Å². The van der Waals surface area contributed by atoms with Crippen molar-refractivity contribution >= 4 is 15.9 Å². The topological polar surface area (TPSA) is 0 Å². The van der Waals surface area contributed by atoms with Crippen molar-refractivity contribution in [2.75, 3.05) is 5.33 Å². The summed E-state index contributed by atoms with van der Waals surface area (Å²) < 4.78 is 0. The van der Waals surface area contributed by atoms with Gasteiger partial charge < -0.3 is 0 Å². The second-order valence-corrected chi connectivity index (χ2v) is 2.87.